The Kier molecular flexibility index (Phi) is 12.9. The van der Waals surface area contributed by atoms with Gasteiger partial charge in [0.25, 0.3) is 0 Å². The maximum Gasteiger partial charge on any atom is 0.412 e. The Morgan fingerprint density at radius 3 is 1.95 bits per heavy atom. The second-order valence-electron chi connectivity index (χ2n) is 9.32. The summed E-state index contributed by atoms with van der Waals surface area (Å²) < 4.78 is 38.8. The monoisotopic (exact) mass is 671 g/mol. The smallest absolute Gasteiger partial charge is 0.412 e. The standard InChI is InChI=1S/C28H34BrNO13/c1-4-38-23(32)17-8-6-7-9-18(24(33)39-5-2)26(35)42-22-21(41-25(17)34)20(19(14-31)40-27(22)37-3)43-28(36)30-16-12-10-15(29)11-13-16/h6-7,10-13,17-22,27,31H,4-5,8-9,14H2,1-3H3,(H,30,36)/b7-6-/t17-,18-,19-,20-,21+,22-,27+/m1/s1. The molecule has 1 saturated heterocycles. The Morgan fingerprint density at radius 2 is 1.47 bits per heavy atom. The Balaban J connectivity index is 2.03. The number of ether oxygens (including phenoxy) is 7. The lowest BCUT2D eigenvalue weighted by Gasteiger charge is -2.44. The van der Waals surface area contributed by atoms with Crippen molar-refractivity contribution in [1.29, 1.82) is 0 Å². The molecule has 1 fully saturated rings. The molecule has 2 heterocycles. The van der Waals surface area contributed by atoms with Gasteiger partial charge in [-0.1, -0.05) is 28.1 Å². The van der Waals surface area contributed by atoms with E-state index >= 15 is 0 Å². The van der Waals surface area contributed by atoms with Crippen molar-refractivity contribution in [2.24, 2.45) is 11.8 Å². The van der Waals surface area contributed by atoms with Crippen LogP contribution in [-0.4, -0.2) is 92.7 Å². The van der Waals surface area contributed by atoms with E-state index in [9.17, 15) is 29.1 Å². The first-order valence-electron chi connectivity index (χ1n) is 13.5. The number of allylic oxidation sites excluding steroid dienone is 2. The van der Waals surface area contributed by atoms with Crippen LogP contribution in [0.5, 0.6) is 0 Å². The number of aliphatic hydroxyl groups excluding tert-OH is 1. The number of aliphatic hydroxyl groups is 1. The van der Waals surface area contributed by atoms with Crippen LogP contribution >= 0.6 is 15.9 Å². The van der Waals surface area contributed by atoms with Crippen molar-refractivity contribution in [2.45, 2.75) is 57.4 Å². The van der Waals surface area contributed by atoms with Crippen LogP contribution in [0.15, 0.2) is 40.9 Å². The molecule has 0 bridgehead atoms. The number of anilines is 1. The van der Waals surface area contributed by atoms with Crippen molar-refractivity contribution in [1.82, 2.24) is 0 Å². The van der Waals surface area contributed by atoms with Crippen molar-refractivity contribution in [3.63, 3.8) is 0 Å². The molecule has 7 atom stereocenters. The zero-order chi connectivity index (χ0) is 31.5. The first kappa shape index (κ1) is 34.0. The zero-order valence-corrected chi connectivity index (χ0v) is 25.4. The number of nitrogens with one attached hydrogen (secondary N) is 1. The molecule has 1 aromatic carbocycles. The summed E-state index contributed by atoms with van der Waals surface area (Å²) in [6.45, 7) is 2.37. The molecular formula is C28H34BrNO13. The summed E-state index contributed by atoms with van der Waals surface area (Å²) in [4.78, 5) is 65.0. The Morgan fingerprint density at radius 1 is 0.930 bits per heavy atom. The van der Waals surface area contributed by atoms with E-state index in [1.807, 2.05) is 0 Å². The van der Waals surface area contributed by atoms with E-state index in [2.05, 4.69) is 21.2 Å². The van der Waals surface area contributed by atoms with Gasteiger partial charge in [-0.05, 0) is 51.0 Å². The molecule has 0 radical (unpaired) electrons. The normalized spacial score (nSPS) is 28.4. The number of amides is 1. The third-order valence-electron chi connectivity index (χ3n) is 6.46. The minimum atomic E-state index is -1.66. The van der Waals surface area contributed by atoms with Gasteiger partial charge in [-0.25, -0.2) is 4.79 Å². The van der Waals surface area contributed by atoms with Crippen LogP contribution < -0.4 is 5.32 Å². The summed E-state index contributed by atoms with van der Waals surface area (Å²) in [5, 5.41) is 12.6. The van der Waals surface area contributed by atoms with E-state index in [-0.39, 0.29) is 26.1 Å². The van der Waals surface area contributed by atoms with Crippen LogP contribution in [0.1, 0.15) is 26.7 Å². The third kappa shape index (κ3) is 8.98. The van der Waals surface area contributed by atoms with Gasteiger partial charge in [-0.15, -0.1) is 0 Å². The predicted octanol–water partition coefficient (Wildman–Crippen LogP) is 2.26. The molecule has 0 spiro atoms. The zero-order valence-electron chi connectivity index (χ0n) is 23.8. The van der Waals surface area contributed by atoms with Gasteiger partial charge in [0.15, 0.2) is 36.4 Å². The van der Waals surface area contributed by atoms with Crippen molar-refractivity contribution in [3.8, 4) is 0 Å². The van der Waals surface area contributed by atoms with Crippen LogP contribution in [-0.2, 0) is 52.3 Å². The van der Waals surface area contributed by atoms with Gasteiger partial charge in [-0.2, -0.15) is 0 Å². The van der Waals surface area contributed by atoms with E-state index in [1.54, 1.807) is 38.1 Å². The first-order valence-corrected chi connectivity index (χ1v) is 14.3. The second kappa shape index (κ2) is 16.4. The number of benzene rings is 1. The highest BCUT2D eigenvalue weighted by Crippen LogP contribution is 2.31. The minimum Gasteiger partial charge on any atom is -0.465 e. The molecule has 236 valence electrons. The predicted molar refractivity (Wildman–Crippen MR) is 149 cm³/mol. The molecule has 0 saturated carbocycles. The topological polar surface area (TPSA) is 182 Å². The molecule has 0 unspecified atom stereocenters. The van der Waals surface area contributed by atoms with Crippen LogP contribution in [0.2, 0.25) is 0 Å². The van der Waals surface area contributed by atoms with Gasteiger partial charge in [-0.3, -0.25) is 24.5 Å². The summed E-state index contributed by atoms with van der Waals surface area (Å²) in [6.07, 6.45) is -6.15. The molecule has 0 aliphatic carbocycles. The molecular weight excluding hydrogens is 638 g/mol. The summed E-state index contributed by atoms with van der Waals surface area (Å²) in [6, 6.07) is 6.52. The van der Waals surface area contributed by atoms with Gasteiger partial charge in [0, 0.05) is 17.3 Å². The van der Waals surface area contributed by atoms with Crippen molar-refractivity contribution in [3.05, 3.63) is 40.9 Å². The Labute approximate surface area is 256 Å². The van der Waals surface area contributed by atoms with E-state index < -0.39 is 79.1 Å². The molecule has 3 rings (SSSR count). The summed E-state index contributed by atoms with van der Waals surface area (Å²) in [5.74, 6) is -6.77. The van der Waals surface area contributed by atoms with Crippen molar-refractivity contribution < 1.29 is 62.2 Å². The molecule has 0 aromatic heterocycles. The minimum absolute atomic E-state index is 0.00763. The number of rotatable bonds is 8. The molecule has 1 amide bonds. The third-order valence-corrected chi connectivity index (χ3v) is 6.99. The number of methoxy groups -OCH3 is 1. The highest BCUT2D eigenvalue weighted by Gasteiger charge is 2.54. The lowest BCUT2D eigenvalue weighted by molar-refractivity contribution is -0.300. The lowest BCUT2D eigenvalue weighted by Crippen LogP contribution is -2.63. The van der Waals surface area contributed by atoms with Crippen LogP contribution in [0, 0.1) is 11.8 Å². The Bertz CT molecular complexity index is 1170. The molecule has 1 aromatic rings. The van der Waals surface area contributed by atoms with Crippen LogP contribution in [0.3, 0.4) is 0 Å². The molecule has 14 nitrogen and oxygen atoms in total. The van der Waals surface area contributed by atoms with Gasteiger partial charge in [0.1, 0.15) is 6.10 Å². The lowest BCUT2D eigenvalue weighted by atomic mass is 9.96. The number of halogens is 1. The largest absolute Gasteiger partial charge is 0.465 e. The van der Waals surface area contributed by atoms with Crippen LogP contribution in [0.4, 0.5) is 10.5 Å². The number of carbonyl (C=O) groups is 5. The SMILES string of the molecule is CCOC(=O)[C@H]1C/C=C\C[C@H](C(=O)OCC)C(=O)O[C@H]2[C@@H](OC)O[C@H](CO)[C@@H](OC(=O)Nc3ccc(Br)cc3)[C@@H]2OC1=O. The maximum absolute atomic E-state index is 13.4. The van der Waals surface area contributed by atoms with Gasteiger partial charge >= 0.3 is 30.0 Å². The van der Waals surface area contributed by atoms with Gasteiger partial charge in [0.05, 0.1) is 19.8 Å². The number of hydrogen-bond acceptors (Lipinski definition) is 13. The summed E-state index contributed by atoms with van der Waals surface area (Å²) >= 11 is 3.30. The molecule has 15 heteroatoms. The second-order valence-corrected chi connectivity index (χ2v) is 10.2. The van der Waals surface area contributed by atoms with Crippen molar-refractivity contribution >= 4 is 51.6 Å². The van der Waals surface area contributed by atoms with E-state index in [0.29, 0.717) is 5.69 Å². The average Bonchev–Trinajstić information content (AvgIpc) is 2.97. The molecule has 2 aliphatic heterocycles. The summed E-state index contributed by atoms with van der Waals surface area (Å²) in [5.41, 5.74) is 0.352. The number of carbonyl (C=O) groups excluding carboxylic acids is 5. The fourth-order valence-corrected chi connectivity index (χ4v) is 4.65. The summed E-state index contributed by atoms with van der Waals surface area (Å²) in [7, 11) is 1.20. The van der Waals surface area contributed by atoms with Crippen molar-refractivity contribution in [2.75, 3.05) is 32.2 Å². The van der Waals surface area contributed by atoms with Crippen LogP contribution in [0.25, 0.3) is 0 Å². The first-order chi connectivity index (χ1) is 20.6. The van der Waals surface area contributed by atoms with E-state index in [1.165, 1.54) is 19.3 Å². The van der Waals surface area contributed by atoms with E-state index in [4.69, 9.17) is 33.2 Å². The molecule has 43 heavy (non-hydrogen) atoms. The maximum atomic E-state index is 13.4. The fourth-order valence-electron chi connectivity index (χ4n) is 4.38. The highest BCUT2D eigenvalue weighted by atomic mass is 79.9. The molecule has 2 N–H and O–H groups in total. The van der Waals surface area contributed by atoms with E-state index in [0.717, 1.165) is 4.47 Å². The average molecular weight is 672 g/mol. The quantitative estimate of drug-likeness (QED) is 0.178. The highest BCUT2D eigenvalue weighted by molar-refractivity contribution is 9.10. The number of fused-ring (bicyclic) bond motifs is 1. The van der Waals surface area contributed by atoms with Gasteiger partial charge < -0.3 is 38.3 Å². The number of esters is 4. The van der Waals surface area contributed by atoms with Gasteiger partial charge in [0.2, 0.25) is 0 Å². The number of hydrogen-bond donors (Lipinski definition) is 2. The Hall–Kier alpha value is -3.53. The fraction of sp³-hybridized carbons (Fsp3) is 0.536. The molecule has 2 aliphatic rings.